The standard InChI is InChI=1S/C21H27BrN4O3/c22-13-7-8-16-15(12-13)14-4-1-5-17(19(14)25-16)23-9-3-10-24-20(27)18-6-2-11-26(18)21(28)29/h7-8,12,17-18,23,25H,1-6,9-11H2,(H,24,27)(H,28,29)/t17?,18-/m0/s1. The van der Waals surface area contributed by atoms with Crippen LogP contribution in [0.15, 0.2) is 22.7 Å². The number of carboxylic acid groups (broad SMARTS) is 1. The zero-order valence-corrected chi connectivity index (χ0v) is 17.9. The Morgan fingerprint density at radius 3 is 2.93 bits per heavy atom. The van der Waals surface area contributed by atoms with Gasteiger partial charge in [-0.25, -0.2) is 4.79 Å². The monoisotopic (exact) mass is 462 g/mol. The molecule has 2 atom stereocenters. The van der Waals surface area contributed by atoms with Gasteiger partial charge in [-0.3, -0.25) is 9.69 Å². The number of aromatic amines is 1. The zero-order valence-electron chi connectivity index (χ0n) is 16.3. The van der Waals surface area contributed by atoms with Crippen LogP contribution in [0.1, 0.15) is 49.4 Å². The molecule has 156 valence electrons. The number of aromatic nitrogens is 1. The molecule has 0 bridgehead atoms. The summed E-state index contributed by atoms with van der Waals surface area (Å²) in [6.07, 6.45) is 4.51. The Morgan fingerprint density at radius 2 is 2.10 bits per heavy atom. The Morgan fingerprint density at radius 1 is 1.24 bits per heavy atom. The van der Waals surface area contributed by atoms with Crippen molar-refractivity contribution in [1.29, 1.82) is 0 Å². The van der Waals surface area contributed by atoms with Gasteiger partial charge in [-0.2, -0.15) is 0 Å². The van der Waals surface area contributed by atoms with Crippen molar-refractivity contribution in [2.45, 2.75) is 50.6 Å². The van der Waals surface area contributed by atoms with Gasteiger partial charge in [0.1, 0.15) is 6.04 Å². The van der Waals surface area contributed by atoms with E-state index in [0.717, 1.165) is 43.1 Å². The molecular weight excluding hydrogens is 436 g/mol. The number of carbonyl (C=O) groups excluding carboxylic acids is 1. The lowest BCUT2D eigenvalue weighted by molar-refractivity contribution is -0.125. The van der Waals surface area contributed by atoms with E-state index in [1.54, 1.807) is 0 Å². The summed E-state index contributed by atoms with van der Waals surface area (Å²) < 4.78 is 1.10. The number of H-pyrrole nitrogens is 1. The summed E-state index contributed by atoms with van der Waals surface area (Å²) in [7, 11) is 0. The average molecular weight is 463 g/mol. The second-order valence-corrected chi connectivity index (χ2v) is 8.80. The summed E-state index contributed by atoms with van der Waals surface area (Å²) in [5.74, 6) is -0.175. The molecule has 29 heavy (non-hydrogen) atoms. The first-order chi connectivity index (χ1) is 14.0. The van der Waals surface area contributed by atoms with E-state index in [0.29, 0.717) is 25.6 Å². The molecule has 1 aromatic carbocycles. The molecule has 7 nitrogen and oxygen atoms in total. The van der Waals surface area contributed by atoms with Crippen molar-refractivity contribution in [1.82, 2.24) is 20.5 Å². The van der Waals surface area contributed by atoms with E-state index in [-0.39, 0.29) is 5.91 Å². The molecule has 0 spiro atoms. The number of fused-ring (bicyclic) bond motifs is 3. The van der Waals surface area contributed by atoms with Gasteiger partial charge in [0.15, 0.2) is 0 Å². The van der Waals surface area contributed by atoms with Gasteiger partial charge in [0, 0.05) is 40.2 Å². The highest BCUT2D eigenvalue weighted by Crippen LogP contribution is 2.35. The normalized spacial score (nSPS) is 21.3. The van der Waals surface area contributed by atoms with Gasteiger partial charge in [0.25, 0.3) is 0 Å². The molecule has 1 saturated heterocycles. The highest BCUT2D eigenvalue weighted by molar-refractivity contribution is 9.10. The van der Waals surface area contributed by atoms with E-state index < -0.39 is 12.1 Å². The zero-order chi connectivity index (χ0) is 20.4. The van der Waals surface area contributed by atoms with Crippen molar-refractivity contribution in [2.24, 2.45) is 0 Å². The molecule has 1 aliphatic heterocycles. The fourth-order valence-corrected chi connectivity index (χ4v) is 4.96. The van der Waals surface area contributed by atoms with E-state index in [1.165, 1.54) is 27.1 Å². The smallest absolute Gasteiger partial charge is 0.407 e. The van der Waals surface area contributed by atoms with E-state index in [4.69, 9.17) is 5.11 Å². The third-order valence-electron chi connectivity index (χ3n) is 6.01. The second kappa shape index (κ2) is 8.75. The lowest BCUT2D eigenvalue weighted by Crippen LogP contribution is -2.45. The summed E-state index contributed by atoms with van der Waals surface area (Å²) in [5.41, 5.74) is 3.88. The number of nitrogens with one attached hydrogen (secondary N) is 3. The minimum atomic E-state index is -1.01. The summed E-state index contributed by atoms with van der Waals surface area (Å²) >= 11 is 3.57. The third kappa shape index (κ3) is 4.28. The van der Waals surface area contributed by atoms with Crippen molar-refractivity contribution in [3.8, 4) is 0 Å². The molecule has 8 heteroatoms. The Balaban J connectivity index is 1.27. The number of halogens is 1. The van der Waals surface area contributed by atoms with Gasteiger partial charge < -0.3 is 20.7 Å². The fraction of sp³-hybridized carbons (Fsp3) is 0.524. The maximum atomic E-state index is 12.3. The van der Waals surface area contributed by atoms with Crippen LogP contribution in [0.2, 0.25) is 0 Å². The van der Waals surface area contributed by atoms with Gasteiger partial charge >= 0.3 is 6.09 Å². The van der Waals surface area contributed by atoms with Gasteiger partial charge in [0.05, 0.1) is 0 Å². The summed E-state index contributed by atoms with van der Waals surface area (Å²) in [6.45, 7) is 1.80. The summed E-state index contributed by atoms with van der Waals surface area (Å²) in [6, 6.07) is 6.13. The number of carbonyl (C=O) groups is 2. The van der Waals surface area contributed by atoms with Crippen molar-refractivity contribution < 1.29 is 14.7 Å². The Kier molecular flexibility index (Phi) is 6.10. The van der Waals surface area contributed by atoms with Crippen LogP contribution in [-0.4, -0.2) is 52.7 Å². The number of hydrogen-bond acceptors (Lipinski definition) is 3. The SMILES string of the molecule is O=C(NCCCNC1CCCc2c1[nH]c1ccc(Br)cc21)[C@@H]1CCCN1C(=O)O. The van der Waals surface area contributed by atoms with Crippen molar-refractivity contribution in [3.05, 3.63) is 33.9 Å². The maximum Gasteiger partial charge on any atom is 0.407 e. The maximum absolute atomic E-state index is 12.3. The molecule has 0 saturated carbocycles. The topological polar surface area (TPSA) is 97.5 Å². The molecule has 2 amide bonds. The lowest BCUT2D eigenvalue weighted by Gasteiger charge is -2.24. The lowest BCUT2D eigenvalue weighted by atomic mass is 9.91. The Bertz CT molecular complexity index is 913. The van der Waals surface area contributed by atoms with Gasteiger partial charge in [-0.1, -0.05) is 15.9 Å². The van der Waals surface area contributed by atoms with Crippen LogP contribution in [0.5, 0.6) is 0 Å². The first-order valence-corrected chi connectivity index (χ1v) is 11.1. The fourth-order valence-electron chi connectivity index (χ4n) is 4.60. The Labute approximate surface area is 178 Å². The number of nitrogens with zero attached hydrogens (tertiary/aromatic N) is 1. The van der Waals surface area contributed by atoms with Crippen LogP contribution in [0.3, 0.4) is 0 Å². The molecule has 0 radical (unpaired) electrons. The van der Waals surface area contributed by atoms with Crippen molar-refractivity contribution in [2.75, 3.05) is 19.6 Å². The van der Waals surface area contributed by atoms with Crippen LogP contribution in [0.4, 0.5) is 4.79 Å². The van der Waals surface area contributed by atoms with E-state index in [1.807, 2.05) is 0 Å². The predicted octanol–water partition coefficient (Wildman–Crippen LogP) is 3.55. The summed E-state index contributed by atoms with van der Waals surface area (Å²) in [5, 5.41) is 17.0. The highest BCUT2D eigenvalue weighted by atomic mass is 79.9. The molecule has 1 aromatic heterocycles. The number of amides is 2. The number of likely N-dealkylation sites (tertiary alicyclic amines) is 1. The number of aryl methyl sites for hydroxylation is 1. The van der Waals surface area contributed by atoms with Crippen LogP contribution < -0.4 is 10.6 Å². The van der Waals surface area contributed by atoms with Crippen molar-refractivity contribution in [3.63, 3.8) is 0 Å². The van der Waals surface area contributed by atoms with Crippen LogP contribution in [-0.2, 0) is 11.2 Å². The van der Waals surface area contributed by atoms with Crippen molar-refractivity contribution >= 4 is 38.8 Å². The first kappa shape index (κ1) is 20.2. The van der Waals surface area contributed by atoms with Crippen LogP contribution >= 0.6 is 15.9 Å². The second-order valence-electron chi connectivity index (χ2n) is 7.88. The minimum Gasteiger partial charge on any atom is -0.465 e. The van der Waals surface area contributed by atoms with Crippen LogP contribution in [0, 0.1) is 0 Å². The molecule has 1 unspecified atom stereocenters. The number of rotatable bonds is 6. The highest BCUT2D eigenvalue weighted by Gasteiger charge is 2.33. The van der Waals surface area contributed by atoms with Gasteiger partial charge in [0.2, 0.25) is 5.91 Å². The molecule has 4 rings (SSSR count). The molecule has 4 N–H and O–H groups in total. The van der Waals surface area contributed by atoms with Crippen LogP contribution in [0.25, 0.3) is 10.9 Å². The molecule has 1 fully saturated rings. The first-order valence-electron chi connectivity index (χ1n) is 10.4. The molecular formula is C21H27BrN4O3. The predicted molar refractivity (Wildman–Crippen MR) is 115 cm³/mol. The molecule has 1 aliphatic carbocycles. The molecule has 2 aromatic rings. The van der Waals surface area contributed by atoms with E-state index >= 15 is 0 Å². The number of benzene rings is 1. The van der Waals surface area contributed by atoms with Gasteiger partial charge in [-0.15, -0.1) is 0 Å². The largest absolute Gasteiger partial charge is 0.465 e. The Hall–Kier alpha value is -2.06. The molecule has 2 heterocycles. The average Bonchev–Trinajstić information content (AvgIpc) is 3.33. The van der Waals surface area contributed by atoms with E-state index in [9.17, 15) is 9.59 Å². The number of hydrogen-bond donors (Lipinski definition) is 4. The van der Waals surface area contributed by atoms with E-state index in [2.05, 4.69) is 49.7 Å². The quantitative estimate of drug-likeness (QED) is 0.493. The third-order valence-corrected chi connectivity index (χ3v) is 6.51. The molecule has 2 aliphatic rings. The van der Waals surface area contributed by atoms with Gasteiger partial charge in [-0.05, 0) is 68.8 Å². The summed E-state index contributed by atoms with van der Waals surface area (Å²) in [4.78, 5) is 28.3. The minimum absolute atomic E-state index is 0.175.